The molecule has 0 unspecified atom stereocenters. The lowest BCUT2D eigenvalue weighted by Crippen LogP contribution is -2.03. The topological polar surface area (TPSA) is 32.9 Å². The molecule has 1 fully saturated rings. The zero-order chi connectivity index (χ0) is 8.39. The third-order valence-electron chi connectivity index (χ3n) is 1.91. The van der Waals surface area contributed by atoms with Gasteiger partial charge in [-0.25, -0.2) is 0 Å². The highest BCUT2D eigenvalue weighted by atomic mass is 32.2. The third kappa shape index (κ3) is 2.14. The molecule has 1 aliphatic carbocycles. The van der Waals surface area contributed by atoms with Crippen molar-refractivity contribution in [3.05, 3.63) is 28.6 Å². The maximum Gasteiger partial charge on any atom is 0.248 e. The van der Waals surface area contributed by atoms with Gasteiger partial charge in [-0.3, -0.25) is 4.79 Å². The van der Waals surface area contributed by atoms with Crippen molar-refractivity contribution in [1.29, 1.82) is 0 Å². The smallest absolute Gasteiger partial charge is 0.248 e. The van der Waals surface area contributed by atoms with Crippen molar-refractivity contribution in [2.75, 3.05) is 5.75 Å². The Labute approximate surface area is 75.4 Å². The minimum absolute atomic E-state index is 0.00389. The molecule has 2 rings (SSSR count). The van der Waals surface area contributed by atoms with Gasteiger partial charge in [0, 0.05) is 11.8 Å². The van der Waals surface area contributed by atoms with E-state index in [2.05, 4.69) is 4.98 Å². The second-order valence-electron chi connectivity index (χ2n) is 3.13. The summed E-state index contributed by atoms with van der Waals surface area (Å²) in [5, 5.41) is 0.995. The van der Waals surface area contributed by atoms with Crippen LogP contribution in [0.2, 0.25) is 0 Å². The zero-order valence-electron chi connectivity index (χ0n) is 6.75. The fraction of sp³-hybridized carbons (Fsp3) is 0.444. The molecular weight excluding hydrogens is 170 g/mol. The van der Waals surface area contributed by atoms with Crippen LogP contribution in [0.4, 0.5) is 0 Å². The Kier molecular flexibility index (Phi) is 2.21. The van der Waals surface area contributed by atoms with Crippen LogP contribution in [0, 0.1) is 5.92 Å². The van der Waals surface area contributed by atoms with Gasteiger partial charge in [0.05, 0.1) is 5.03 Å². The van der Waals surface area contributed by atoms with E-state index in [0.717, 1.165) is 16.7 Å². The summed E-state index contributed by atoms with van der Waals surface area (Å²) in [4.78, 5) is 13.7. The molecule has 0 aliphatic heterocycles. The van der Waals surface area contributed by atoms with Crippen molar-refractivity contribution in [2.45, 2.75) is 17.9 Å². The van der Waals surface area contributed by atoms with Crippen LogP contribution in [0.15, 0.2) is 28.0 Å². The van der Waals surface area contributed by atoms with Gasteiger partial charge >= 0.3 is 0 Å². The second kappa shape index (κ2) is 3.35. The van der Waals surface area contributed by atoms with E-state index in [9.17, 15) is 4.79 Å². The first kappa shape index (κ1) is 7.92. The summed E-state index contributed by atoms with van der Waals surface area (Å²) in [6.07, 6.45) is 2.73. The van der Waals surface area contributed by atoms with E-state index in [0.29, 0.717) is 0 Å². The molecule has 1 aromatic heterocycles. The fourth-order valence-corrected chi connectivity index (χ4v) is 2.10. The molecule has 0 saturated heterocycles. The Balaban J connectivity index is 1.97. The molecule has 1 aromatic rings. The number of hydrogen-bond acceptors (Lipinski definition) is 2. The summed E-state index contributed by atoms with van der Waals surface area (Å²) in [5.41, 5.74) is -0.00389. The number of rotatable bonds is 3. The van der Waals surface area contributed by atoms with Gasteiger partial charge in [0.1, 0.15) is 0 Å². The number of thioether (sulfide) groups is 1. The van der Waals surface area contributed by atoms with Gasteiger partial charge in [0.15, 0.2) is 0 Å². The molecule has 1 saturated carbocycles. The first-order valence-electron chi connectivity index (χ1n) is 4.17. The van der Waals surface area contributed by atoms with Crippen molar-refractivity contribution in [2.24, 2.45) is 5.92 Å². The zero-order valence-corrected chi connectivity index (χ0v) is 7.56. The van der Waals surface area contributed by atoms with Crippen molar-refractivity contribution in [1.82, 2.24) is 4.98 Å². The molecule has 1 aliphatic rings. The largest absolute Gasteiger partial charge is 0.317 e. The average Bonchev–Trinajstić information content (AvgIpc) is 2.84. The lowest BCUT2D eigenvalue weighted by molar-refractivity contribution is 0.989. The minimum Gasteiger partial charge on any atom is -0.317 e. The van der Waals surface area contributed by atoms with E-state index in [1.807, 2.05) is 6.07 Å². The van der Waals surface area contributed by atoms with Crippen LogP contribution in [0.3, 0.4) is 0 Å². The molecule has 0 spiro atoms. The molecular formula is C9H11NOS. The van der Waals surface area contributed by atoms with Crippen LogP contribution < -0.4 is 5.56 Å². The fourth-order valence-electron chi connectivity index (χ4n) is 1.00. The van der Waals surface area contributed by atoms with E-state index in [1.165, 1.54) is 12.8 Å². The van der Waals surface area contributed by atoms with Gasteiger partial charge < -0.3 is 4.98 Å². The monoisotopic (exact) mass is 181 g/mol. The normalized spacial score (nSPS) is 16.3. The van der Waals surface area contributed by atoms with Gasteiger partial charge in [-0.2, -0.15) is 0 Å². The third-order valence-corrected chi connectivity index (χ3v) is 3.10. The molecule has 64 valence electrons. The van der Waals surface area contributed by atoms with Crippen LogP contribution in [-0.2, 0) is 0 Å². The number of nitrogens with one attached hydrogen (secondary N) is 1. The predicted octanol–water partition coefficient (Wildman–Crippen LogP) is 1.88. The summed E-state index contributed by atoms with van der Waals surface area (Å²) in [7, 11) is 0. The Hall–Kier alpha value is -0.700. The Morgan fingerprint density at radius 2 is 2.33 bits per heavy atom. The van der Waals surface area contributed by atoms with Crippen molar-refractivity contribution in [3.8, 4) is 0 Å². The standard InChI is InChI=1S/C9H11NOS/c11-8-2-1-3-9(10-8)12-6-7-4-5-7/h1-3,7H,4-6H2,(H,10,11). The van der Waals surface area contributed by atoms with Crippen LogP contribution >= 0.6 is 11.8 Å². The Bertz CT molecular complexity index is 316. The van der Waals surface area contributed by atoms with Crippen molar-refractivity contribution in [3.63, 3.8) is 0 Å². The SMILES string of the molecule is O=c1cccc(SCC2CC2)[nH]1. The highest BCUT2D eigenvalue weighted by Crippen LogP contribution is 2.34. The molecule has 0 amide bonds. The van der Waals surface area contributed by atoms with E-state index in [4.69, 9.17) is 0 Å². The number of H-pyrrole nitrogens is 1. The van der Waals surface area contributed by atoms with Crippen LogP contribution in [0.1, 0.15) is 12.8 Å². The molecule has 0 atom stereocenters. The van der Waals surface area contributed by atoms with Gasteiger partial charge in [0.25, 0.3) is 0 Å². The highest BCUT2D eigenvalue weighted by Gasteiger charge is 2.20. The molecule has 3 heteroatoms. The van der Waals surface area contributed by atoms with Gasteiger partial charge in [-0.05, 0) is 24.8 Å². The Morgan fingerprint density at radius 1 is 1.50 bits per heavy atom. The number of hydrogen-bond donors (Lipinski definition) is 1. The van der Waals surface area contributed by atoms with E-state index < -0.39 is 0 Å². The maximum atomic E-state index is 10.9. The van der Waals surface area contributed by atoms with Gasteiger partial charge in [0.2, 0.25) is 5.56 Å². The first-order valence-corrected chi connectivity index (χ1v) is 5.15. The summed E-state index contributed by atoms with van der Waals surface area (Å²) in [6, 6.07) is 5.30. The van der Waals surface area contributed by atoms with Crippen LogP contribution in [0.5, 0.6) is 0 Å². The summed E-state index contributed by atoms with van der Waals surface area (Å²) < 4.78 is 0. The van der Waals surface area contributed by atoms with Crippen molar-refractivity contribution < 1.29 is 0 Å². The predicted molar refractivity (Wildman–Crippen MR) is 50.5 cm³/mol. The molecule has 12 heavy (non-hydrogen) atoms. The summed E-state index contributed by atoms with van der Waals surface area (Å²) in [5.74, 6) is 2.05. The molecule has 1 heterocycles. The second-order valence-corrected chi connectivity index (χ2v) is 4.20. The maximum absolute atomic E-state index is 10.9. The number of aromatic amines is 1. The number of aromatic nitrogens is 1. The lowest BCUT2D eigenvalue weighted by atomic mass is 10.5. The first-order chi connectivity index (χ1) is 5.84. The quantitative estimate of drug-likeness (QED) is 0.722. The van der Waals surface area contributed by atoms with Gasteiger partial charge in [-0.15, -0.1) is 11.8 Å². The lowest BCUT2D eigenvalue weighted by Gasteiger charge is -1.97. The summed E-state index contributed by atoms with van der Waals surface area (Å²) in [6.45, 7) is 0. The van der Waals surface area contributed by atoms with E-state index in [-0.39, 0.29) is 5.56 Å². The molecule has 0 radical (unpaired) electrons. The average molecular weight is 181 g/mol. The van der Waals surface area contributed by atoms with Crippen LogP contribution in [0.25, 0.3) is 0 Å². The molecule has 0 aromatic carbocycles. The molecule has 1 N–H and O–H groups in total. The van der Waals surface area contributed by atoms with Crippen molar-refractivity contribution >= 4 is 11.8 Å². The highest BCUT2D eigenvalue weighted by molar-refractivity contribution is 7.99. The van der Waals surface area contributed by atoms with Crippen LogP contribution in [-0.4, -0.2) is 10.7 Å². The minimum atomic E-state index is -0.00389. The molecule has 0 bridgehead atoms. The number of pyridine rings is 1. The Morgan fingerprint density at radius 3 is 3.00 bits per heavy atom. The van der Waals surface area contributed by atoms with E-state index in [1.54, 1.807) is 23.9 Å². The van der Waals surface area contributed by atoms with Gasteiger partial charge in [-0.1, -0.05) is 6.07 Å². The van der Waals surface area contributed by atoms with E-state index >= 15 is 0 Å². The summed E-state index contributed by atoms with van der Waals surface area (Å²) >= 11 is 1.75. The molecule has 2 nitrogen and oxygen atoms in total.